The number of hydrogen-bond acceptors (Lipinski definition) is 3. The second kappa shape index (κ2) is 9.00. The van der Waals surface area contributed by atoms with E-state index in [4.69, 9.17) is 14.2 Å². The maximum Gasteiger partial charge on any atom is 0.0601 e. The van der Waals surface area contributed by atoms with Crippen LogP contribution in [-0.2, 0) is 14.2 Å². The highest BCUT2D eigenvalue weighted by atomic mass is 16.5. The van der Waals surface area contributed by atoms with Crippen LogP contribution in [0.15, 0.2) is 0 Å². The molecule has 0 aliphatic carbocycles. The first-order valence-electron chi connectivity index (χ1n) is 10.5. The van der Waals surface area contributed by atoms with Gasteiger partial charge in [0, 0.05) is 19.8 Å². The van der Waals surface area contributed by atoms with E-state index in [1.807, 2.05) is 0 Å². The van der Waals surface area contributed by atoms with Gasteiger partial charge in [0.1, 0.15) is 0 Å². The monoisotopic (exact) mass is 338 g/mol. The first-order valence-corrected chi connectivity index (χ1v) is 10.5. The molecule has 3 aliphatic rings. The molecule has 3 saturated heterocycles. The molecule has 0 amide bonds. The third kappa shape index (κ3) is 5.19. The van der Waals surface area contributed by atoms with Crippen LogP contribution in [-0.4, -0.2) is 38.1 Å². The van der Waals surface area contributed by atoms with Crippen LogP contribution in [0.1, 0.15) is 72.1 Å². The van der Waals surface area contributed by atoms with Crippen molar-refractivity contribution in [1.82, 2.24) is 0 Å². The molecule has 3 heterocycles. The van der Waals surface area contributed by atoms with Crippen molar-refractivity contribution in [3.05, 3.63) is 0 Å². The van der Waals surface area contributed by atoms with Crippen LogP contribution >= 0.6 is 0 Å². The van der Waals surface area contributed by atoms with Crippen LogP contribution in [0.5, 0.6) is 0 Å². The van der Waals surface area contributed by atoms with Gasteiger partial charge in [-0.05, 0) is 75.0 Å². The minimum absolute atomic E-state index is 0.471. The van der Waals surface area contributed by atoms with Crippen LogP contribution in [0.25, 0.3) is 0 Å². The maximum atomic E-state index is 6.11. The van der Waals surface area contributed by atoms with Crippen LogP contribution < -0.4 is 0 Å². The lowest BCUT2D eigenvalue weighted by molar-refractivity contribution is -0.0313. The fourth-order valence-electron chi connectivity index (χ4n) is 4.79. The molecule has 24 heavy (non-hydrogen) atoms. The summed E-state index contributed by atoms with van der Waals surface area (Å²) in [5, 5.41) is 0. The molecule has 3 fully saturated rings. The van der Waals surface area contributed by atoms with E-state index in [1.165, 1.54) is 51.4 Å². The van der Waals surface area contributed by atoms with Gasteiger partial charge in [-0.3, -0.25) is 0 Å². The molecule has 0 aromatic carbocycles. The summed E-state index contributed by atoms with van der Waals surface area (Å²) < 4.78 is 18.0. The Morgan fingerprint density at radius 3 is 2.25 bits per heavy atom. The van der Waals surface area contributed by atoms with Crippen molar-refractivity contribution < 1.29 is 14.2 Å². The molecule has 6 atom stereocenters. The summed E-state index contributed by atoms with van der Waals surface area (Å²) >= 11 is 0. The van der Waals surface area contributed by atoms with E-state index in [-0.39, 0.29) is 0 Å². The van der Waals surface area contributed by atoms with E-state index in [0.29, 0.717) is 30.1 Å². The summed E-state index contributed by atoms with van der Waals surface area (Å²) in [5.41, 5.74) is 0. The zero-order chi connectivity index (χ0) is 16.9. The summed E-state index contributed by atoms with van der Waals surface area (Å²) in [6.07, 6.45) is 11.6. The Morgan fingerprint density at radius 1 is 0.833 bits per heavy atom. The fraction of sp³-hybridized carbons (Fsp3) is 1.00. The molecule has 3 nitrogen and oxygen atoms in total. The van der Waals surface area contributed by atoms with E-state index in [2.05, 4.69) is 20.8 Å². The molecule has 3 rings (SSSR count). The maximum absolute atomic E-state index is 6.11. The van der Waals surface area contributed by atoms with Gasteiger partial charge in [0.2, 0.25) is 0 Å². The second-order valence-electron chi connectivity index (χ2n) is 8.97. The highest BCUT2D eigenvalue weighted by Gasteiger charge is 2.32. The molecular weight excluding hydrogens is 300 g/mol. The van der Waals surface area contributed by atoms with Gasteiger partial charge >= 0.3 is 0 Å². The summed E-state index contributed by atoms with van der Waals surface area (Å²) in [5.74, 6) is 2.86. The molecule has 3 aliphatic heterocycles. The van der Waals surface area contributed by atoms with Gasteiger partial charge in [0.15, 0.2) is 0 Å². The summed E-state index contributed by atoms with van der Waals surface area (Å²) in [6, 6.07) is 0. The van der Waals surface area contributed by atoms with E-state index >= 15 is 0 Å². The third-order valence-electron chi connectivity index (χ3n) is 6.49. The third-order valence-corrected chi connectivity index (χ3v) is 6.49. The molecule has 0 aromatic rings. The Kier molecular flexibility index (Phi) is 7.00. The topological polar surface area (TPSA) is 27.7 Å². The molecule has 3 unspecified atom stereocenters. The molecule has 0 saturated carbocycles. The zero-order valence-electron chi connectivity index (χ0n) is 16.0. The minimum atomic E-state index is 0.471. The van der Waals surface area contributed by atoms with Gasteiger partial charge in [0.25, 0.3) is 0 Å². The molecule has 0 aromatic heterocycles. The van der Waals surface area contributed by atoms with Crippen molar-refractivity contribution in [2.24, 2.45) is 23.7 Å². The van der Waals surface area contributed by atoms with E-state index < -0.39 is 0 Å². The Bertz CT molecular complexity index is 364. The SMILES string of the molecule is CC(C)[C@H]1CC(CC[C@@H]2COC(CC(C)[C@H]3CCCCO3)C2)CO1. The molecule has 0 spiro atoms. The summed E-state index contributed by atoms with van der Waals surface area (Å²) in [4.78, 5) is 0. The van der Waals surface area contributed by atoms with E-state index in [0.717, 1.165) is 31.7 Å². The highest BCUT2D eigenvalue weighted by molar-refractivity contribution is 4.81. The van der Waals surface area contributed by atoms with E-state index in [9.17, 15) is 0 Å². The first kappa shape index (κ1) is 18.7. The Labute approximate surface area is 148 Å². The molecular formula is C21H38O3. The van der Waals surface area contributed by atoms with Crippen molar-refractivity contribution in [3.63, 3.8) is 0 Å². The lowest BCUT2D eigenvalue weighted by Gasteiger charge is -2.29. The first-order chi connectivity index (χ1) is 11.6. The van der Waals surface area contributed by atoms with Crippen molar-refractivity contribution in [2.45, 2.75) is 90.4 Å². The van der Waals surface area contributed by atoms with Crippen molar-refractivity contribution in [3.8, 4) is 0 Å². The smallest absolute Gasteiger partial charge is 0.0601 e. The lowest BCUT2D eigenvalue weighted by atomic mass is 9.88. The van der Waals surface area contributed by atoms with Gasteiger partial charge in [-0.1, -0.05) is 20.8 Å². The quantitative estimate of drug-likeness (QED) is 0.665. The van der Waals surface area contributed by atoms with Gasteiger partial charge in [-0.2, -0.15) is 0 Å². The second-order valence-corrected chi connectivity index (χ2v) is 8.97. The van der Waals surface area contributed by atoms with Gasteiger partial charge in [0.05, 0.1) is 18.3 Å². The Morgan fingerprint density at radius 2 is 1.58 bits per heavy atom. The molecule has 0 bridgehead atoms. The molecule has 3 heteroatoms. The predicted molar refractivity (Wildman–Crippen MR) is 97.1 cm³/mol. The number of rotatable bonds is 7. The number of ether oxygens (including phenoxy) is 3. The minimum Gasteiger partial charge on any atom is -0.378 e. The molecule has 140 valence electrons. The van der Waals surface area contributed by atoms with Crippen LogP contribution in [0.2, 0.25) is 0 Å². The Balaban J connectivity index is 1.32. The van der Waals surface area contributed by atoms with Crippen LogP contribution in [0, 0.1) is 23.7 Å². The van der Waals surface area contributed by atoms with Crippen LogP contribution in [0.4, 0.5) is 0 Å². The molecule has 0 radical (unpaired) electrons. The van der Waals surface area contributed by atoms with Crippen molar-refractivity contribution >= 4 is 0 Å². The Hall–Kier alpha value is -0.120. The number of hydrogen-bond donors (Lipinski definition) is 0. The molecule has 0 N–H and O–H groups in total. The summed E-state index contributed by atoms with van der Waals surface area (Å²) in [6.45, 7) is 9.83. The van der Waals surface area contributed by atoms with Gasteiger partial charge < -0.3 is 14.2 Å². The van der Waals surface area contributed by atoms with Crippen molar-refractivity contribution in [1.29, 1.82) is 0 Å². The van der Waals surface area contributed by atoms with Gasteiger partial charge in [-0.25, -0.2) is 0 Å². The largest absolute Gasteiger partial charge is 0.378 e. The normalized spacial score (nSPS) is 38.8. The van der Waals surface area contributed by atoms with Gasteiger partial charge in [-0.15, -0.1) is 0 Å². The predicted octanol–water partition coefficient (Wildman–Crippen LogP) is 4.83. The average molecular weight is 339 g/mol. The average Bonchev–Trinajstić information content (AvgIpc) is 3.23. The van der Waals surface area contributed by atoms with Crippen molar-refractivity contribution in [2.75, 3.05) is 19.8 Å². The van der Waals surface area contributed by atoms with Crippen LogP contribution in [0.3, 0.4) is 0 Å². The standard InChI is InChI=1S/C21H38O3/c1-15(2)21-12-18(14-24-21)8-7-17-11-19(23-13-17)10-16(3)20-6-4-5-9-22-20/h15-21H,4-14H2,1-3H3/t16?,17-,18?,19?,20+,21+/m0/s1. The van der Waals surface area contributed by atoms with E-state index in [1.54, 1.807) is 0 Å². The summed E-state index contributed by atoms with van der Waals surface area (Å²) in [7, 11) is 0. The zero-order valence-corrected chi connectivity index (χ0v) is 16.0. The highest BCUT2D eigenvalue weighted by Crippen LogP contribution is 2.34. The fourth-order valence-corrected chi connectivity index (χ4v) is 4.79. The lowest BCUT2D eigenvalue weighted by Crippen LogP contribution is -2.28.